The molecule has 0 aliphatic carbocycles. The Morgan fingerprint density at radius 3 is 2.52 bits per heavy atom. The molecule has 1 aromatic carbocycles. The molecular formula is C18H19ClN4O2. The Kier molecular flexibility index (Phi) is 6.65. The minimum Gasteiger partial charge on any atom is -0.340 e. The van der Waals surface area contributed by atoms with Gasteiger partial charge in [-0.2, -0.15) is 5.10 Å². The second kappa shape index (κ2) is 8.94. The van der Waals surface area contributed by atoms with Crippen LogP contribution in [0.15, 0.2) is 53.9 Å². The van der Waals surface area contributed by atoms with Crippen LogP contribution in [0.4, 0.5) is 0 Å². The molecule has 2 rings (SSSR count). The van der Waals surface area contributed by atoms with E-state index in [-0.39, 0.29) is 11.8 Å². The molecule has 130 valence electrons. The number of pyridine rings is 1. The summed E-state index contributed by atoms with van der Waals surface area (Å²) in [6.07, 6.45) is 4.76. The molecule has 1 heterocycles. The van der Waals surface area contributed by atoms with Crippen LogP contribution < -0.4 is 10.7 Å². The summed E-state index contributed by atoms with van der Waals surface area (Å²) in [5.74, 6) is -0.843. The van der Waals surface area contributed by atoms with Gasteiger partial charge in [-0.3, -0.25) is 14.6 Å². The molecule has 7 heteroatoms. The summed E-state index contributed by atoms with van der Waals surface area (Å²) < 4.78 is 0. The van der Waals surface area contributed by atoms with Crippen molar-refractivity contribution in [2.75, 3.05) is 0 Å². The summed E-state index contributed by atoms with van der Waals surface area (Å²) in [5, 5.41) is 7.16. The number of halogens is 1. The van der Waals surface area contributed by atoms with Gasteiger partial charge in [0.15, 0.2) is 0 Å². The van der Waals surface area contributed by atoms with Crippen LogP contribution in [0.1, 0.15) is 29.8 Å². The van der Waals surface area contributed by atoms with Gasteiger partial charge in [0, 0.05) is 28.5 Å². The van der Waals surface area contributed by atoms with E-state index in [1.54, 1.807) is 42.7 Å². The number of carbonyl (C=O) groups excluding carboxylic acids is 2. The lowest BCUT2D eigenvalue weighted by atomic mass is 10.0. The molecule has 25 heavy (non-hydrogen) atoms. The van der Waals surface area contributed by atoms with Crippen molar-refractivity contribution < 1.29 is 9.59 Å². The largest absolute Gasteiger partial charge is 0.340 e. The zero-order valence-corrected chi connectivity index (χ0v) is 14.7. The number of nitrogens with zero attached hydrogens (tertiary/aromatic N) is 2. The number of rotatable bonds is 6. The second-order valence-electron chi connectivity index (χ2n) is 5.72. The van der Waals surface area contributed by atoms with Crippen molar-refractivity contribution >= 4 is 29.6 Å². The Balaban J connectivity index is 1.99. The van der Waals surface area contributed by atoms with Gasteiger partial charge in [-0.05, 0) is 36.2 Å². The van der Waals surface area contributed by atoms with Gasteiger partial charge in [-0.1, -0.05) is 31.5 Å². The van der Waals surface area contributed by atoms with Gasteiger partial charge in [0.25, 0.3) is 11.8 Å². The predicted octanol–water partition coefficient (Wildman–Crippen LogP) is 2.64. The summed E-state index contributed by atoms with van der Waals surface area (Å²) in [4.78, 5) is 28.6. The molecule has 0 radical (unpaired) electrons. The van der Waals surface area contributed by atoms with Crippen LogP contribution >= 0.6 is 11.6 Å². The fourth-order valence-electron chi connectivity index (χ4n) is 2.05. The van der Waals surface area contributed by atoms with Crippen LogP contribution in [0, 0.1) is 5.92 Å². The Bertz CT molecular complexity index is 745. The van der Waals surface area contributed by atoms with E-state index < -0.39 is 11.9 Å². The topological polar surface area (TPSA) is 83.5 Å². The molecule has 0 saturated carbocycles. The van der Waals surface area contributed by atoms with Gasteiger partial charge in [-0.15, -0.1) is 0 Å². The minimum absolute atomic E-state index is 0.107. The Morgan fingerprint density at radius 1 is 1.20 bits per heavy atom. The number of hydrogen-bond acceptors (Lipinski definition) is 4. The predicted molar refractivity (Wildman–Crippen MR) is 97.5 cm³/mol. The van der Waals surface area contributed by atoms with Crippen molar-refractivity contribution in [3.8, 4) is 0 Å². The fourth-order valence-corrected chi connectivity index (χ4v) is 2.18. The Morgan fingerprint density at radius 2 is 1.92 bits per heavy atom. The molecule has 1 unspecified atom stereocenters. The lowest BCUT2D eigenvalue weighted by Gasteiger charge is -2.20. The quantitative estimate of drug-likeness (QED) is 0.615. The van der Waals surface area contributed by atoms with Crippen LogP contribution in [0.25, 0.3) is 0 Å². The maximum atomic E-state index is 12.3. The third kappa shape index (κ3) is 5.69. The third-order valence-electron chi connectivity index (χ3n) is 3.41. The average molecular weight is 359 g/mol. The number of amides is 2. The fraction of sp³-hybridized carbons (Fsp3) is 0.222. The SMILES string of the molecule is CC(C)C(NC(=O)c1ccc(Cl)cc1)C(=O)NN=Cc1cccnc1. The number of hydrogen-bond donors (Lipinski definition) is 2. The van der Waals surface area contributed by atoms with Crippen molar-refractivity contribution in [1.29, 1.82) is 0 Å². The molecule has 1 aromatic heterocycles. The molecule has 0 spiro atoms. The van der Waals surface area contributed by atoms with E-state index in [0.29, 0.717) is 10.6 Å². The normalized spacial score (nSPS) is 12.2. The van der Waals surface area contributed by atoms with E-state index in [1.807, 2.05) is 19.9 Å². The summed E-state index contributed by atoms with van der Waals surface area (Å²) in [6.45, 7) is 3.69. The molecule has 2 aromatic rings. The highest BCUT2D eigenvalue weighted by Gasteiger charge is 2.24. The number of aromatic nitrogens is 1. The van der Waals surface area contributed by atoms with Gasteiger partial charge in [0.1, 0.15) is 6.04 Å². The first kappa shape index (κ1) is 18.6. The van der Waals surface area contributed by atoms with Crippen molar-refractivity contribution in [2.24, 2.45) is 11.0 Å². The smallest absolute Gasteiger partial charge is 0.262 e. The van der Waals surface area contributed by atoms with Crippen molar-refractivity contribution in [3.63, 3.8) is 0 Å². The summed E-state index contributed by atoms with van der Waals surface area (Å²) in [5.41, 5.74) is 3.64. The van der Waals surface area contributed by atoms with Gasteiger partial charge in [0.05, 0.1) is 6.21 Å². The monoisotopic (exact) mass is 358 g/mol. The van der Waals surface area contributed by atoms with Gasteiger partial charge in [0.2, 0.25) is 0 Å². The molecule has 0 saturated heterocycles. The van der Waals surface area contributed by atoms with Crippen LogP contribution in [0.5, 0.6) is 0 Å². The lowest BCUT2D eigenvalue weighted by Crippen LogP contribution is -2.48. The molecule has 6 nitrogen and oxygen atoms in total. The highest BCUT2D eigenvalue weighted by molar-refractivity contribution is 6.30. The zero-order chi connectivity index (χ0) is 18.2. The number of hydrazone groups is 1. The number of nitrogens with one attached hydrogen (secondary N) is 2. The van der Waals surface area contributed by atoms with Gasteiger partial charge in [-0.25, -0.2) is 5.43 Å². The Hall–Kier alpha value is -2.73. The molecule has 0 aliphatic heterocycles. The van der Waals surface area contributed by atoms with Crippen molar-refractivity contribution in [1.82, 2.24) is 15.7 Å². The minimum atomic E-state index is -0.714. The van der Waals surface area contributed by atoms with E-state index >= 15 is 0 Å². The summed E-state index contributed by atoms with van der Waals surface area (Å²) in [7, 11) is 0. The molecule has 1 atom stereocenters. The first-order valence-electron chi connectivity index (χ1n) is 7.76. The molecule has 2 amide bonds. The number of carbonyl (C=O) groups is 2. The molecule has 0 fully saturated rings. The van der Waals surface area contributed by atoms with Crippen LogP contribution in [0.3, 0.4) is 0 Å². The highest BCUT2D eigenvalue weighted by atomic mass is 35.5. The second-order valence-corrected chi connectivity index (χ2v) is 6.16. The number of benzene rings is 1. The molecule has 2 N–H and O–H groups in total. The summed E-state index contributed by atoms with van der Waals surface area (Å²) >= 11 is 5.81. The first-order valence-corrected chi connectivity index (χ1v) is 8.14. The zero-order valence-electron chi connectivity index (χ0n) is 13.9. The van der Waals surface area contributed by atoms with E-state index in [2.05, 4.69) is 20.8 Å². The maximum Gasteiger partial charge on any atom is 0.262 e. The molecule has 0 aliphatic rings. The Labute approximate surface area is 151 Å². The van der Waals surface area contributed by atoms with E-state index in [4.69, 9.17) is 11.6 Å². The van der Waals surface area contributed by atoms with E-state index in [9.17, 15) is 9.59 Å². The van der Waals surface area contributed by atoms with Crippen molar-refractivity contribution in [2.45, 2.75) is 19.9 Å². The van der Waals surface area contributed by atoms with Gasteiger partial charge < -0.3 is 5.32 Å². The highest BCUT2D eigenvalue weighted by Crippen LogP contribution is 2.10. The molecule has 0 bridgehead atoms. The maximum absolute atomic E-state index is 12.3. The average Bonchev–Trinajstić information content (AvgIpc) is 2.60. The van der Waals surface area contributed by atoms with Crippen LogP contribution in [-0.2, 0) is 4.79 Å². The van der Waals surface area contributed by atoms with Gasteiger partial charge >= 0.3 is 0 Å². The van der Waals surface area contributed by atoms with E-state index in [0.717, 1.165) is 5.56 Å². The third-order valence-corrected chi connectivity index (χ3v) is 3.67. The van der Waals surface area contributed by atoms with Crippen LogP contribution in [0.2, 0.25) is 5.02 Å². The van der Waals surface area contributed by atoms with Crippen molar-refractivity contribution in [3.05, 3.63) is 64.9 Å². The molecular weight excluding hydrogens is 340 g/mol. The first-order chi connectivity index (χ1) is 12.0. The van der Waals surface area contributed by atoms with Crippen LogP contribution in [-0.4, -0.2) is 29.1 Å². The van der Waals surface area contributed by atoms with E-state index in [1.165, 1.54) is 6.21 Å². The lowest BCUT2D eigenvalue weighted by molar-refractivity contribution is -0.123. The summed E-state index contributed by atoms with van der Waals surface area (Å²) in [6, 6.07) is 9.32. The standard InChI is InChI=1S/C18H19ClN4O2/c1-12(2)16(22-17(24)14-5-7-15(19)8-6-14)18(25)23-21-11-13-4-3-9-20-10-13/h3-12,16H,1-2H3,(H,22,24)(H,23,25).